The summed E-state index contributed by atoms with van der Waals surface area (Å²) in [6, 6.07) is 5.69. The molecule has 2 nitrogen and oxygen atoms in total. The van der Waals surface area contributed by atoms with Gasteiger partial charge in [0, 0.05) is 11.6 Å². The molecule has 0 saturated heterocycles. The Bertz CT molecular complexity index is 384. The van der Waals surface area contributed by atoms with Crippen molar-refractivity contribution in [3.8, 4) is 5.75 Å². The van der Waals surface area contributed by atoms with Gasteiger partial charge in [-0.05, 0) is 48.4 Å². The smallest absolute Gasteiger partial charge is 0.122 e. The summed E-state index contributed by atoms with van der Waals surface area (Å²) in [7, 11) is 1.67. The number of methoxy groups -OCH3 is 1. The first-order valence-corrected chi connectivity index (χ1v) is 6.50. The molecule has 0 heterocycles. The molecule has 1 aliphatic carbocycles. The van der Waals surface area contributed by atoms with E-state index in [2.05, 4.69) is 0 Å². The lowest BCUT2D eigenvalue weighted by Gasteiger charge is -2.27. The Morgan fingerprint density at radius 2 is 2.06 bits per heavy atom. The van der Waals surface area contributed by atoms with Crippen LogP contribution in [0, 0.1) is 5.41 Å². The summed E-state index contributed by atoms with van der Waals surface area (Å²) in [6.45, 7) is 0.253. The average Bonchev–Trinajstić information content (AvgIpc) is 2.79. The first-order chi connectivity index (χ1) is 8.19. The Morgan fingerprint density at radius 1 is 1.35 bits per heavy atom. The highest BCUT2D eigenvalue weighted by Crippen LogP contribution is 2.42. The Morgan fingerprint density at radius 3 is 2.65 bits per heavy atom. The van der Waals surface area contributed by atoms with Crippen molar-refractivity contribution in [3.05, 3.63) is 28.8 Å². The standard InChI is InChI=1S/C14H19ClO2/c1-17-13-5-4-12(15)8-11(13)9-14(10-16)6-2-3-7-14/h4-5,8,16H,2-3,6-7,9-10H2,1H3. The van der Waals surface area contributed by atoms with E-state index in [0.29, 0.717) is 0 Å². The fraction of sp³-hybridized carbons (Fsp3) is 0.571. The van der Waals surface area contributed by atoms with Gasteiger partial charge in [-0.15, -0.1) is 0 Å². The van der Waals surface area contributed by atoms with Gasteiger partial charge in [0.25, 0.3) is 0 Å². The molecule has 0 amide bonds. The van der Waals surface area contributed by atoms with Gasteiger partial charge in [-0.25, -0.2) is 0 Å². The fourth-order valence-corrected chi connectivity index (χ4v) is 3.00. The Hall–Kier alpha value is -0.730. The molecular formula is C14H19ClO2. The molecule has 94 valence electrons. The van der Waals surface area contributed by atoms with Crippen LogP contribution in [-0.2, 0) is 6.42 Å². The second-order valence-corrected chi connectivity index (χ2v) is 5.43. The molecule has 1 aromatic carbocycles. The highest BCUT2D eigenvalue weighted by Gasteiger charge is 2.34. The second kappa shape index (κ2) is 5.28. The molecule has 0 bridgehead atoms. The Kier molecular flexibility index (Phi) is 3.95. The molecule has 0 radical (unpaired) electrons. The third-order valence-electron chi connectivity index (χ3n) is 3.81. The minimum absolute atomic E-state index is 0.0396. The Labute approximate surface area is 108 Å². The normalized spacial score (nSPS) is 18.3. The van der Waals surface area contributed by atoms with Crippen molar-refractivity contribution in [2.45, 2.75) is 32.1 Å². The van der Waals surface area contributed by atoms with Crippen LogP contribution < -0.4 is 4.74 Å². The van der Waals surface area contributed by atoms with Gasteiger partial charge in [-0.1, -0.05) is 24.4 Å². The molecule has 0 aromatic heterocycles. The van der Waals surface area contributed by atoms with E-state index in [4.69, 9.17) is 16.3 Å². The predicted molar refractivity (Wildman–Crippen MR) is 69.7 cm³/mol. The highest BCUT2D eigenvalue weighted by molar-refractivity contribution is 6.30. The largest absolute Gasteiger partial charge is 0.496 e. The molecule has 0 unspecified atom stereocenters. The van der Waals surface area contributed by atoms with E-state index in [-0.39, 0.29) is 12.0 Å². The molecule has 1 fully saturated rings. The highest BCUT2D eigenvalue weighted by atomic mass is 35.5. The molecule has 0 aliphatic heterocycles. The van der Waals surface area contributed by atoms with Gasteiger partial charge in [0.05, 0.1) is 7.11 Å². The number of aliphatic hydroxyl groups is 1. The van der Waals surface area contributed by atoms with Crippen LogP contribution in [0.1, 0.15) is 31.2 Å². The zero-order valence-corrected chi connectivity index (χ0v) is 11.0. The van der Waals surface area contributed by atoms with Crippen LogP contribution in [0.3, 0.4) is 0 Å². The summed E-state index contributed by atoms with van der Waals surface area (Å²) in [4.78, 5) is 0. The molecule has 17 heavy (non-hydrogen) atoms. The number of benzene rings is 1. The fourth-order valence-electron chi connectivity index (χ4n) is 2.81. The van der Waals surface area contributed by atoms with Crippen LogP contribution in [-0.4, -0.2) is 18.8 Å². The zero-order chi connectivity index (χ0) is 12.3. The van der Waals surface area contributed by atoms with Gasteiger partial charge in [0.15, 0.2) is 0 Å². The quantitative estimate of drug-likeness (QED) is 0.892. The summed E-state index contributed by atoms with van der Waals surface area (Å²) in [5.41, 5.74) is 1.15. The molecule has 2 rings (SSSR count). The lowest BCUT2D eigenvalue weighted by Crippen LogP contribution is -2.24. The maximum absolute atomic E-state index is 9.64. The molecule has 1 saturated carbocycles. The molecule has 1 aromatic rings. The van der Waals surface area contributed by atoms with Gasteiger partial charge >= 0.3 is 0 Å². The van der Waals surface area contributed by atoms with Gasteiger partial charge in [-0.2, -0.15) is 0 Å². The number of hydrogen-bond donors (Lipinski definition) is 1. The third kappa shape index (κ3) is 2.75. The maximum atomic E-state index is 9.64. The van der Waals surface area contributed by atoms with Crippen LogP contribution in [0.2, 0.25) is 5.02 Å². The minimum Gasteiger partial charge on any atom is -0.496 e. The minimum atomic E-state index is 0.0396. The van der Waals surface area contributed by atoms with Crippen LogP contribution >= 0.6 is 11.6 Å². The molecule has 1 aliphatic rings. The van der Waals surface area contributed by atoms with Crippen LogP contribution in [0.4, 0.5) is 0 Å². The number of rotatable bonds is 4. The second-order valence-electron chi connectivity index (χ2n) is 5.00. The Balaban J connectivity index is 2.24. The predicted octanol–water partition coefficient (Wildman–Crippen LogP) is 3.44. The van der Waals surface area contributed by atoms with Gasteiger partial charge in [0.1, 0.15) is 5.75 Å². The molecule has 1 N–H and O–H groups in total. The number of ether oxygens (including phenoxy) is 1. The lowest BCUT2D eigenvalue weighted by molar-refractivity contribution is 0.129. The summed E-state index contributed by atoms with van der Waals surface area (Å²) in [6.07, 6.45) is 5.47. The SMILES string of the molecule is COc1ccc(Cl)cc1CC1(CO)CCCC1. The average molecular weight is 255 g/mol. The van der Waals surface area contributed by atoms with Crippen molar-refractivity contribution >= 4 is 11.6 Å². The van der Waals surface area contributed by atoms with Crippen LogP contribution in [0.5, 0.6) is 5.75 Å². The molecule has 0 atom stereocenters. The summed E-state index contributed by atoms with van der Waals surface area (Å²) >= 11 is 6.03. The third-order valence-corrected chi connectivity index (χ3v) is 4.04. The van der Waals surface area contributed by atoms with Crippen molar-refractivity contribution < 1.29 is 9.84 Å². The van der Waals surface area contributed by atoms with Gasteiger partial charge < -0.3 is 9.84 Å². The molecule has 0 spiro atoms. The van der Waals surface area contributed by atoms with Crippen LogP contribution in [0.15, 0.2) is 18.2 Å². The first kappa shape index (κ1) is 12.7. The van der Waals surface area contributed by atoms with E-state index in [9.17, 15) is 5.11 Å². The van der Waals surface area contributed by atoms with Crippen molar-refractivity contribution in [2.24, 2.45) is 5.41 Å². The number of halogens is 1. The van der Waals surface area contributed by atoms with Crippen molar-refractivity contribution in [3.63, 3.8) is 0 Å². The number of aliphatic hydroxyl groups excluding tert-OH is 1. The van der Waals surface area contributed by atoms with Crippen molar-refractivity contribution in [1.82, 2.24) is 0 Å². The topological polar surface area (TPSA) is 29.5 Å². The van der Waals surface area contributed by atoms with Gasteiger partial charge in [-0.3, -0.25) is 0 Å². The summed E-state index contributed by atoms with van der Waals surface area (Å²) in [5.74, 6) is 0.870. The number of hydrogen-bond acceptors (Lipinski definition) is 2. The van der Waals surface area contributed by atoms with E-state index in [1.807, 2.05) is 18.2 Å². The van der Waals surface area contributed by atoms with E-state index >= 15 is 0 Å². The van der Waals surface area contributed by atoms with Gasteiger partial charge in [0.2, 0.25) is 0 Å². The van der Waals surface area contributed by atoms with E-state index in [0.717, 1.165) is 35.6 Å². The van der Waals surface area contributed by atoms with E-state index < -0.39 is 0 Å². The van der Waals surface area contributed by atoms with Crippen molar-refractivity contribution in [1.29, 1.82) is 0 Å². The van der Waals surface area contributed by atoms with E-state index in [1.54, 1.807) is 7.11 Å². The summed E-state index contributed by atoms with van der Waals surface area (Å²) in [5, 5.41) is 10.4. The first-order valence-electron chi connectivity index (χ1n) is 6.12. The van der Waals surface area contributed by atoms with E-state index in [1.165, 1.54) is 12.8 Å². The molecular weight excluding hydrogens is 236 g/mol. The van der Waals surface area contributed by atoms with Crippen molar-refractivity contribution in [2.75, 3.05) is 13.7 Å². The lowest BCUT2D eigenvalue weighted by atomic mass is 9.80. The molecule has 3 heteroatoms. The maximum Gasteiger partial charge on any atom is 0.122 e. The van der Waals surface area contributed by atoms with Crippen LogP contribution in [0.25, 0.3) is 0 Å². The monoisotopic (exact) mass is 254 g/mol. The summed E-state index contributed by atoms with van der Waals surface area (Å²) < 4.78 is 5.36. The zero-order valence-electron chi connectivity index (χ0n) is 10.2.